The first kappa shape index (κ1) is 15.6. The number of aliphatic hydroxyl groups excluding tert-OH is 1. The number of halogens is 2. The van der Waals surface area contributed by atoms with E-state index in [-0.39, 0.29) is 12.1 Å². The lowest BCUT2D eigenvalue weighted by atomic mass is 9.93. The fourth-order valence-electron chi connectivity index (χ4n) is 2.59. The Labute approximate surface area is 121 Å². The first-order valence-electron chi connectivity index (χ1n) is 6.88. The second kappa shape index (κ2) is 5.93. The van der Waals surface area contributed by atoms with Crippen LogP contribution in [0.4, 0.5) is 20.2 Å². The van der Waals surface area contributed by atoms with Gasteiger partial charge in [-0.1, -0.05) is 0 Å². The van der Waals surface area contributed by atoms with Crippen LogP contribution >= 0.6 is 0 Å². The standard InChI is InChI=1S/C14H18F2N2O3/c1-14(15,16)12-8-10(4-7-13(12)18(20)21)17-9-2-5-11(19)6-3-9/h4,7-9,11,17,19H,2-3,5-6H2,1H3/t9-,11-. The molecule has 116 valence electrons. The summed E-state index contributed by atoms with van der Waals surface area (Å²) < 4.78 is 27.0. The lowest BCUT2D eigenvalue weighted by Crippen LogP contribution is -2.28. The van der Waals surface area contributed by atoms with E-state index in [0.29, 0.717) is 25.5 Å². The molecule has 1 aliphatic carbocycles. The molecule has 7 heteroatoms. The zero-order chi connectivity index (χ0) is 15.6. The van der Waals surface area contributed by atoms with Crippen LogP contribution in [0.25, 0.3) is 0 Å². The number of nitro groups is 1. The van der Waals surface area contributed by atoms with Gasteiger partial charge in [0.1, 0.15) is 5.56 Å². The van der Waals surface area contributed by atoms with Crippen LogP contribution in [0.5, 0.6) is 0 Å². The molecule has 0 aromatic heterocycles. The number of alkyl halides is 2. The van der Waals surface area contributed by atoms with Gasteiger partial charge in [-0.25, -0.2) is 8.78 Å². The molecule has 0 atom stereocenters. The van der Waals surface area contributed by atoms with Gasteiger partial charge in [0.15, 0.2) is 0 Å². The second-order valence-corrected chi connectivity index (χ2v) is 5.53. The molecule has 1 aromatic rings. The molecule has 0 unspecified atom stereocenters. The summed E-state index contributed by atoms with van der Waals surface area (Å²) in [5.41, 5.74) is -0.723. The van der Waals surface area contributed by atoms with E-state index in [0.717, 1.165) is 25.0 Å². The molecule has 21 heavy (non-hydrogen) atoms. The number of rotatable bonds is 4. The van der Waals surface area contributed by atoms with E-state index in [9.17, 15) is 24.0 Å². The maximum Gasteiger partial charge on any atom is 0.278 e. The third-order valence-electron chi connectivity index (χ3n) is 3.73. The Morgan fingerprint density at radius 1 is 1.33 bits per heavy atom. The monoisotopic (exact) mass is 300 g/mol. The first-order valence-corrected chi connectivity index (χ1v) is 6.88. The molecule has 0 heterocycles. The van der Waals surface area contributed by atoms with Crippen LogP contribution in [0.3, 0.4) is 0 Å². The van der Waals surface area contributed by atoms with E-state index in [1.807, 2.05) is 0 Å². The molecule has 0 amide bonds. The van der Waals surface area contributed by atoms with Crippen LogP contribution in [-0.4, -0.2) is 22.2 Å². The number of nitrogens with one attached hydrogen (secondary N) is 1. The molecular weight excluding hydrogens is 282 g/mol. The molecule has 1 aliphatic rings. The number of aliphatic hydroxyl groups is 1. The van der Waals surface area contributed by atoms with Crippen molar-refractivity contribution in [3.8, 4) is 0 Å². The molecular formula is C14H18F2N2O3. The average Bonchev–Trinajstić information content (AvgIpc) is 2.40. The number of benzene rings is 1. The molecule has 0 bridgehead atoms. The van der Waals surface area contributed by atoms with E-state index in [4.69, 9.17) is 0 Å². The highest BCUT2D eigenvalue weighted by molar-refractivity contribution is 5.56. The fraction of sp³-hybridized carbons (Fsp3) is 0.571. The van der Waals surface area contributed by atoms with Gasteiger partial charge < -0.3 is 10.4 Å². The third-order valence-corrected chi connectivity index (χ3v) is 3.73. The van der Waals surface area contributed by atoms with Crippen LogP contribution in [0.2, 0.25) is 0 Å². The van der Waals surface area contributed by atoms with Crippen molar-refractivity contribution in [2.45, 2.75) is 50.7 Å². The van der Waals surface area contributed by atoms with E-state index < -0.39 is 22.1 Å². The maximum absolute atomic E-state index is 13.5. The molecule has 0 radical (unpaired) electrons. The van der Waals surface area contributed by atoms with Gasteiger partial charge in [0, 0.05) is 24.7 Å². The third kappa shape index (κ3) is 3.87. The van der Waals surface area contributed by atoms with Crippen LogP contribution < -0.4 is 5.32 Å². The Hall–Kier alpha value is -1.76. The molecule has 2 rings (SSSR count). The van der Waals surface area contributed by atoms with Gasteiger partial charge in [-0.3, -0.25) is 10.1 Å². The summed E-state index contributed by atoms with van der Waals surface area (Å²) in [7, 11) is 0. The van der Waals surface area contributed by atoms with Crippen molar-refractivity contribution in [3.63, 3.8) is 0 Å². The fourth-order valence-corrected chi connectivity index (χ4v) is 2.59. The predicted molar refractivity (Wildman–Crippen MR) is 74.5 cm³/mol. The average molecular weight is 300 g/mol. The van der Waals surface area contributed by atoms with Crippen molar-refractivity contribution in [1.82, 2.24) is 0 Å². The largest absolute Gasteiger partial charge is 0.393 e. The molecule has 1 aromatic carbocycles. The highest BCUT2D eigenvalue weighted by Crippen LogP contribution is 2.36. The van der Waals surface area contributed by atoms with Crippen molar-refractivity contribution < 1.29 is 18.8 Å². The van der Waals surface area contributed by atoms with Crippen LogP contribution in [-0.2, 0) is 5.92 Å². The van der Waals surface area contributed by atoms with Crippen molar-refractivity contribution in [1.29, 1.82) is 0 Å². The van der Waals surface area contributed by atoms with Gasteiger partial charge in [-0.2, -0.15) is 0 Å². The zero-order valence-electron chi connectivity index (χ0n) is 11.7. The smallest absolute Gasteiger partial charge is 0.278 e. The second-order valence-electron chi connectivity index (χ2n) is 5.53. The van der Waals surface area contributed by atoms with Crippen LogP contribution in [0, 0.1) is 10.1 Å². The van der Waals surface area contributed by atoms with Crippen molar-refractivity contribution >= 4 is 11.4 Å². The topological polar surface area (TPSA) is 75.4 Å². The Bertz CT molecular complexity index is 523. The summed E-state index contributed by atoms with van der Waals surface area (Å²) >= 11 is 0. The highest BCUT2D eigenvalue weighted by atomic mass is 19.3. The summed E-state index contributed by atoms with van der Waals surface area (Å²) in [6, 6.07) is 3.78. The summed E-state index contributed by atoms with van der Waals surface area (Å²) in [5.74, 6) is -3.27. The predicted octanol–water partition coefficient (Wildman–Crippen LogP) is 3.42. The molecule has 0 spiro atoms. The number of nitrogens with zero attached hydrogens (tertiary/aromatic N) is 1. The maximum atomic E-state index is 13.5. The Morgan fingerprint density at radius 3 is 2.48 bits per heavy atom. The Morgan fingerprint density at radius 2 is 1.95 bits per heavy atom. The van der Waals surface area contributed by atoms with E-state index in [1.54, 1.807) is 0 Å². The summed E-state index contributed by atoms with van der Waals surface area (Å²) in [6.45, 7) is 0.649. The van der Waals surface area contributed by atoms with E-state index in [2.05, 4.69) is 5.32 Å². The number of hydrogen-bond acceptors (Lipinski definition) is 4. The number of hydrogen-bond donors (Lipinski definition) is 2. The highest BCUT2D eigenvalue weighted by Gasteiger charge is 2.33. The first-order chi connectivity index (χ1) is 9.77. The van der Waals surface area contributed by atoms with Gasteiger partial charge in [0.2, 0.25) is 0 Å². The van der Waals surface area contributed by atoms with E-state index >= 15 is 0 Å². The molecule has 0 aliphatic heterocycles. The zero-order valence-corrected chi connectivity index (χ0v) is 11.7. The quantitative estimate of drug-likeness (QED) is 0.660. The summed E-state index contributed by atoms with van der Waals surface area (Å²) in [5, 5.41) is 23.4. The van der Waals surface area contributed by atoms with Crippen LogP contribution in [0.15, 0.2) is 18.2 Å². The minimum atomic E-state index is -3.27. The number of anilines is 1. The minimum Gasteiger partial charge on any atom is -0.393 e. The molecule has 1 saturated carbocycles. The normalized spacial score (nSPS) is 22.9. The minimum absolute atomic E-state index is 0.0909. The van der Waals surface area contributed by atoms with Gasteiger partial charge in [0.25, 0.3) is 11.6 Å². The lowest BCUT2D eigenvalue weighted by Gasteiger charge is -2.27. The van der Waals surface area contributed by atoms with Gasteiger partial charge >= 0.3 is 0 Å². The van der Waals surface area contributed by atoms with E-state index in [1.165, 1.54) is 6.07 Å². The van der Waals surface area contributed by atoms with Crippen LogP contribution in [0.1, 0.15) is 38.2 Å². The molecule has 0 saturated heterocycles. The molecule has 2 N–H and O–H groups in total. The van der Waals surface area contributed by atoms with Gasteiger partial charge in [-0.05, 0) is 37.8 Å². The number of nitro benzene ring substituents is 1. The van der Waals surface area contributed by atoms with Crippen molar-refractivity contribution in [3.05, 3.63) is 33.9 Å². The summed E-state index contributed by atoms with van der Waals surface area (Å²) in [4.78, 5) is 10.0. The summed E-state index contributed by atoms with van der Waals surface area (Å²) in [6.07, 6.45) is 2.53. The van der Waals surface area contributed by atoms with Gasteiger partial charge in [0.05, 0.1) is 11.0 Å². The van der Waals surface area contributed by atoms with Crippen molar-refractivity contribution in [2.75, 3.05) is 5.32 Å². The molecule has 1 fully saturated rings. The lowest BCUT2D eigenvalue weighted by molar-refractivity contribution is -0.386. The van der Waals surface area contributed by atoms with Gasteiger partial charge in [-0.15, -0.1) is 0 Å². The molecule has 5 nitrogen and oxygen atoms in total. The Balaban J connectivity index is 2.20. The Kier molecular flexibility index (Phi) is 4.41. The SMILES string of the molecule is CC(F)(F)c1cc(N[C@H]2CC[C@H](O)CC2)ccc1[N+](=O)[O-]. The van der Waals surface area contributed by atoms with Crippen molar-refractivity contribution in [2.24, 2.45) is 0 Å².